The molecule has 0 amide bonds. The minimum Gasteiger partial charge on any atom is -0.458 e. The van der Waals surface area contributed by atoms with Crippen LogP contribution >= 0.6 is 39.1 Å². The average Bonchev–Trinajstić information content (AvgIpc) is 2.98. The Morgan fingerprint density at radius 1 is 1.17 bits per heavy atom. The highest BCUT2D eigenvalue weighted by atomic mass is 79.9. The zero-order valence-corrected chi connectivity index (χ0v) is 23.9. The Morgan fingerprint density at radius 2 is 1.81 bits per heavy atom. The predicted octanol–water partition coefficient (Wildman–Crippen LogP) is 5.22. The lowest BCUT2D eigenvalue weighted by Crippen LogP contribution is -2.69. The van der Waals surface area contributed by atoms with Gasteiger partial charge in [-0.25, -0.2) is 4.39 Å². The molecule has 3 saturated carbocycles. The number of fused-ring (bicyclic) bond motifs is 5. The summed E-state index contributed by atoms with van der Waals surface area (Å²) in [4.78, 5) is 48.7. The Balaban J connectivity index is 1.87. The quantitative estimate of drug-likeness (QED) is 0.322. The van der Waals surface area contributed by atoms with Crippen molar-refractivity contribution in [1.29, 1.82) is 0 Å². The van der Waals surface area contributed by atoms with E-state index in [9.17, 15) is 19.2 Å². The topological polar surface area (TPSA) is 86.7 Å². The number of Topliss-reactive ketones (excluding diaryl/α,β-unsaturated/α-hetero) is 1. The zero-order chi connectivity index (χ0) is 27.0. The number of carbonyl (C=O) groups is 4. The number of alkyl halides is 3. The molecule has 0 aromatic carbocycles. The van der Waals surface area contributed by atoms with Crippen LogP contribution in [0, 0.1) is 28.6 Å². The van der Waals surface area contributed by atoms with Crippen LogP contribution in [-0.2, 0) is 28.7 Å². The Labute approximate surface area is 228 Å². The molecule has 3 fully saturated rings. The number of rotatable bonds is 4. The summed E-state index contributed by atoms with van der Waals surface area (Å²) in [5.41, 5.74) is -3.37. The molecular weight excluding hydrogens is 578 g/mol. The second-order valence-electron chi connectivity index (χ2n) is 11.1. The van der Waals surface area contributed by atoms with Crippen molar-refractivity contribution < 1.29 is 33.0 Å². The van der Waals surface area contributed by atoms with Gasteiger partial charge < -0.3 is 9.47 Å². The number of ether oxygens (including phenoxy) is 2. The fourth-order valence-corrected chi connectivity index (χ4v) is 9.65. The lowest BCUT2D eigenvalue weighted by molar-refractivity contribution is -0.195. The van der Waals surface area contributed by atoms with Crippen molar-refractivity contribution >= 4 is 62.6 Å². The molecule has 198 valence electrons. The van der Waals surface area contributed by atoms with Crippen LogP contribution in [0.15, 0.2) is 22.2 Å². The Kier molecular flexibility index (Phi) is 6.87. The molecule has 10 heteroatoms. The van der Waals surface area contributed by atoms with Gasteiger partial charge in [-0.2, -0.15) is 0 Å². The van der Waals surface area contributed by atoms with Crippen molar-refractivity contribution in [2.75, 3.05) is 6.61 Å². The van der Waals surface area contributed by atoms with Gasteiger partial charge in [-0.1, -0.05) is 26.8 Å². The molecule has 0 bridgehead atoms. The van der Waals surface area contributed by atoms with E-state index in [1.54, 1.807) is 13.0 Å². The lowest BCUT2D eigenvalue weighted by atomic mass is 9.46. The summed E-state index contributed by atoms with van der Waals surface area (Å²) in [6.07, 6.45) is 2.20. The van der Waals surface area contributed by atoms with Crippen LogP contribution in [0.4, 0.5) is 4.39 Å². The number of hydrogen-bond acceptors (Lipinski definition) is 6. The normalized spacial score (nSPS) is 45.5. The third kappa shape index (κ3) is 3.53. The SMILES string of the molecule is CC(=O)OCC(=O)[C@@]1(OC(C)=O)[C@H](C)C[C@H]2[C@@H]3C[C@@H](F)C4=CC(=O)C(Br)=C[C@]4(C)[C@@]3(Cl)[C@@H](Cl)C[C@@]21C. The lowest BCUT2D eigenvalue weighted by Gasteiger charge is -2.64. The predicted molar refractivity (Wildman–Crippen MR) is 136 cm³/mol. The average molecular weight is 608 g/mol. The van der Waals surface area contributed by atoms with Gasteiger partial charge in [0.1, 0.15) is 6.17 Å². The van der Waals surface area contributed by atoms with Crippen molar-refractivity contribution in [2.45, 2.75) is 75.9 Å². The second kappa shape index (κ2) is 8.91. The smallest absolute Gasteiger partial charge is 0.303 e. The Hall–Kier alpha value is -1.25. The number of allylic oxidation sites excluding steroid dienone is 4. The van der Waals surface area contributed by atoms with Crippen LogP contribution in [0.3, 0.4) is 0 Å². The van der Waals surface area contributed by atoms with Crippen molar-refractivity contribution in [1.82, 2.24) is 0 Å². The van der Waals surface area contributed by atoms with Gasteiger partial charge in [0, 0.05) is 30.6 Å². The van der Waals surface area contributed by atoms with Gasteiger partial charge in [0.15, 0.2) is 18.0 Å². The number of ketones is 2. The van der Waals surface area contributed by atoms with Crippen LogP contribution in [-0.4, -0.2) is 52.1 Å². The Morgan fingerprint density at radius 3 is 2.39 bits per heavy atom. The molecule has 4 aliphatic carbocycles. The van der Waals surface area contributed by atoms with Crippen molar-refractivity contribution in [3.05, 3.63) is 22.2 Å². The summed E-state index contributed by atoms with van der Waals surface area (Å²) in [6, 6.07) is 0. The van der Waals surface area contributed by atoms with Crippen molar-refractivity contribution in [3.8, 4) is 0 Å². The summed E-state index contributed by atoms with van der Waals surface area (Å²) in [6.45, 7) is 7.34. The molecule has 0 heterocycles. The monoisotopic (exact) mass is 606 g/mol. The van der Waals surface area contributed by atoms with E-state index in [4.69, 9.17) is 32.7 Å². The van der Waals surface area contributed by atoms with Gasteiger partial charge in [-0.15, -0.1) is 23.2 Å². The number of halogens is 4. The van der Waals surface area contributed by atoms with E-state index in [1.165, 1.54) is 19.9 Å². The summed E-state index contributed by atoms with van der Waals surface area (Å²) in [5, 5.41) is -0.766. The van der Waals surface area contributed by atoms with Crippen LogP contribution in [0.2, 0.25) is 0 Å². The minimum atomic E-state index is -1.62. The maximum absolute atomic E-state index is 15.8. The second-order valence-corrected chi connectivity index (χ2v) is 13.1. The van der Waals surface area contributed by atoms with Crippen LogP contribution in [0.1, 0.15) is 53.9 Å². The molecule has 0 N–H and O–H groups in total. The van der Waals surface area contributed by atoms with Crippen molar-refractivity contribution in [2.24, 2.45) is 28.6 Å². The molecule has 0 spiro atoms. The number of hydrogen-bond donors (Lipinski definition) is 0. The zero-order valence-electron chi connectivity index (χ0n) is 20.8. The van der Waals surface area contributed by atoms with E-state index < -0.39 is 69.0 Å². The fourth-order valence-electron chi connectivity index (χ4n) is 7.88. The molecule has 0 unspecified atom stereocenters. The van der Waals surface area contributed by atoms with Gasteiger partial charge in [0.2, 0.25) is 5.78 Å². The third-order valence-corrected chi connectivity index (χ3v) is 11.5. The maximum atomic E-state index is 15.8. The van der Waals surface area contributed by atoms with E-state index in [1.807, 2.05) is 13.8 Å². The molecule has 9 atom stereocenters. The first-order chi connectivity index (χ1) is 16.6. The highest BCUT2D eigenvalue weighted by Crippen LogP contribution is 2.73. The van der Waals surface area contributed by atoms with E-state index in [0.29, 0.717) is 16.5 Å². The molecule has 36 heavy (non-hydrogen) atoms. The highest BCUT2D eigenvalue weighted by molar-refractivity contribution is 9.12. The molecule has 4 aliphatic rings. The molecule has 0 radical (unpaired) electrons. The van der Waals surface area contributed by atoms with Crippen LogP contribution < -0.4 is 0 Å². The van der Waals surface area contributed by atoms with E-state index in [-0.39, 0.29) is 24.5 Å². The first-order valence-corrected chi connectivity index (χ1v) is 13.6. The standard InChI is InChI=1S/C26H30BrCl2FO6/c1-12-6-15-16-7-19(30)17-8-20(33)18(27)9-23(17,4)25(16,29)21(28)10-24(15,5)26(12,36-14(3)32)22(34)11-35-13(2)31/h8-9,12,15-16,19,21H,6-7,10-11H2,1-5H3/t12-,15+,16+,19-,21+,23+,24+,25+,26+/m1/s1. The molecule has 0 aliphatic heterocycles. The maximum Gasteiger partial charge on any atom is 0.303 e. The fraction of sp³-hybridized carbons (Fsp3) is 0.692. The molecular formula is C26H30BrCl2FO6. The Bertz CT molecular complexity index is 1110. The third-order valence-electron chi connectivity index (χ3n) is 9.31. The molecule has 6 nitrogen and oxygen atoms in total. The van der Waals surface area contributed by atoms with Crippen LogP contribution in [0.25, 0.3) is 0 Å². The van der Waals surface area contributed by atoms with Gasteiger partial charge in [0.25, 0.3) is 0 Å². The van der Waals surface area contributed by atoms with E-state index >= 15 is 4.39 Å². The summed E-state index contributed by atoms with van der Waals surface area (Å²) < 4.78 is 27.0. The van der Waals surface area contributed by atoms with E-state index in [2.05, 4.69) is 15.9 Å². The number of carbonyl (C=O) groups excluding carboxylic acids is 4. The summed E-state index contributed by atoms with van der Waals surface area (Å²) in [5.74, 6) is -3.41. The minimum absolute atomic E-state index is 0.0220. The molecule has 4 rings (SSSR count). The van der Waals surface area contributed by atoms with Gasteiger partial charge in [-0.3, -0.25) is 19.2 Å². The highest BCUT2D eigenvalue weighted by Gasteiger charge is 2.77. The van der Waals surface area contributed by atoms with Gasteiger partial charge in [0.05, 0.1) is 14.7 Å². The van der Waals surface area contributed by atoms with E-state index in [0.717, 1.165) is 0 Å². The number of esters is 2. The first-order valence-electron chi connectivity index (χ1n) is 12.0. The summed E-state index contributed by atoms with van der Waals surface area (Å²) in [7, 11) is 0. The van der Waals surface area contributed by atoms with Gasteiger partial charge >= 0.3 is 11.9 Å². The largest absolute Gasteiger partial charge is 0.458 e. The molecule has 0 aromatic heterocycles. The molecule has 0 aromatic rings. The summed E-state index contributed by atoms with van der Waals surface area (Å²) >= 11 is 17.9. The first kappa shape index (κ1) is 27.8. The van der Waals surface area contributed by atoms with Crippen molar-refractivity contribution in [3.63, 3.8) is 0 Å². The van der Waals surface area contributed by atoms with Crippen LogP contribution in [0.5, 0.6) is 0 Å². The molecule has 0 saturated heterocycles. The van der Waals surface area contributed by atoms with Gasteiger partial charge in [-0.05, 0) is 58.7 Å².